The molecule has 1 fully saturated rings. The number of hydrogen-bond donors (Lipinski definition) is 3. The number of nitrogens with zero attached hydrogens (tertiary/aromatic N) is 2. The summed E-state index contributed by atoms with van der Waals surface area (Å²) in [6, 6.07) is 7.38. The zero-order chi connectivity index (χ0) is 20.9. The van der Waals surface area contributed by atoms with Crippen molar-refractivity contribution in [1.82, 2.24) is 15.5 Å². The van der Waals surface area contributed by atoms with Gasteiger partial charge in [-0.1, -0.05) is 12.1 Å². The molecule has 1 aliphatic rings. The maximum absolute atomic E-state index is 12.2. The molecule has 1 saturated heterocycles. The van der Waals surface area contributed by atoms with Gasteiger partial charge in [0, 0.05) is 38.4 Å². The van der Waals surface area contributed by atoms with Gasteiger partial charge in [0.2, 0.25) is 0 Å². The van der Waals surface area contributed by atoms with Gasteiger partial charge in [-0.3, -0.25) is 4.99 Å². The van der Waals surface area contributed by atoms with Gasteiger partial charge in [-0.2, -0.15) is 0 Å². The van der Waals surface area contributed by atoms with E-state index < -0.39 is 14.6 Å². The summed E-state index contributed by atoms with van der Waals surface area (Å²) in [6.07, 6.45) is 0. The van der Waals surface area contributed by atoms with Crippen LogP contribution >= 0.6 is 24.0 Å². The number of hydrogen-bond acceptors (Lipinski definition) is 4. The molecule has 1 aromatic carbocycles. The first-order chi connectivity index (χ1) is 13.0. The van der Waals surface area contributed by atoms with Crippen LogP contribution in [0.5, 0.6) is 0 Å². The molecule has 0 bridgehead atoms. The van der Waals surface area contributed by atoms with Gasteiger partial charge in [0.25, 0.3) is 0 Å². The highest BCUT2D eigenvalue weighted by Crippen LogP contribution is 2.23. The first-order valence-electron chi connectivity index (χ1n) is 9.38. The quantitative estimate of drug-likeness (QED) is 0.311. The standard InChI is InChI=1S/C19H31N5O3S.HI/c1-14(2)22-18(25)23-16-8-6-15(7-9-16)12-21-17(20-5)24-10-11-28(26,27)19(3,4)13-24;/h6-9,14H,10-13H2,1-5H3,(H,20,21)(H2,22,23,25);1H. The first-order valence-corrected chi connectivity index (χ1v) is 11.0. The number of urea groups is 1. The van der Waals surface area contributed by atoms with Gasteiger partial charge in [-0.25, -0.2) is 13.2 Å². The molecule has 29 heavy (non-hydrogen) atoms. The molecule has 0 atom stereocenters. The highest BCUT2D eigenvalue weighted by Gasteiger charge is 2.40. The van der Waals surface area contributed by atoms with Crippen molar-refractivity contribution in [2.24, 2.45) is 4.99 Å². The number of guanidine groups is 1. The Hall–Kier alpha value is -1.56. The Bertz CT molecular complexity index is 823. The van der Waals surface area contributed by atoms with E-state index in [0.717, 1.165) is 5.56 Å². The smallest absolute Gasteiger partial charge is 0.319 e. The second kappa shape index (κ2) is 10.5. The number of halogens is 1. The van der Waals surface area contributed by atoms with Crippen LogP contribution in [-0.4, -0.2) is 62.0 Å². The highest BCUT2D eigenvalue weighted by atomic mass is 127. The minimum atomic E-state index is -3.09. The molecule has 0 aliphatic carbocycles. The van der Waals surface area contributed by atoms with Crippen molar-refractivity contribution in [3.8, 4) is 0 Å². The summed E-state index contributed by atoms with van der Waals surface area (Å²) in [5.74, 6) is 0.806. The lowest BCUT2D eigenvalue weighted by atomic mass is 10.2. The van der Waals surface area contributed by atoms with Gasteiger partial charge in [0.1, 0.15) is 0 Å². The van der Waals surface area contributed by atoms with Gasteiger partial charge in [0.15, 0.2) is 15.8 Å². The lowest BCUT2D eigenvalue weighted by Crippen LogP contribution is -2.57. The van der Waals surface area contributed by atoms with Crippen molar-refractivity contribution >= 4 is 51.5 Å². The monoisotopic (exact) mass is 537 g/mol. The van der Waals surface area contributed by atoms with Crippen LogP contribution in [0, 0.1) is 0 Å². The van der Waals surface area contributed by atoms with Crippen molar-refractivity contribution in [1.29, 1.82) is 0 Å². The maximum Gasteiger partial charge on any atom is 0.319 e. The number of sulfone groups is 1. The first kappa shape index (κ1) is 25.5. The van der Waals surface area contributed by atoms with E-state index in [4.69, 9.17) is 0 Å². The average Bonchev–Trinajstić information content (AvgIpc) is 2.59. The molecule has 0 spiro atoms. The Morgan fingerprint density at radius 3 is 2.38 bits per heavy atom. The Morgan fingerprint density at radius 2 is 1.86 bits per heavy atom. The van der Waals surface area contributed by atoms with Gasteiger partial charge >= 0.3 is 6.03 Å². The van der Waals surface area contributed by atoms with Gasteiger partial charge < -0.3 is 20.9 Å². The van der Waals surface area contributed by atoms with Crippen molar-refractivity contribution in [3.63, 3.8) is 0 Å². The molecule has 2 rings (SSSR count). The fraction of sp³-hybridized carbons (Fsp3) is 0.579. The summed E-state index contributed by atoms with van der Waals surface area (Å²) in [5.41, 5.74) is 1.74. The molecular weight excluding hydrogens is 505 g/mol. The Morgan fingerprint density at radius 1 is 1.24 bits per heavy atom. The average molecular weight is 537 g/mol. The van der Waals surface area contributed by atoms with E-state index in [1.807, 2.05) is 43.0 Å². The number of rotatable bonds is 4. The van der Waals surface area contributed by atoms with E-state index in [-0.39, 0.29) is 41.8 Å². The number of amides is 2. The molecule has 1 aromatic rings. The molecule has 0 aromatic heterocycles. The van der Waals surface area contributed by atoms with Crippen molar-refractivity contribution in [2.45, 2.75) is 45.0 Å². The number of anilines is 1. The highest BCUT2D eigenvalue weighted by molar-refractivity contribution is 14.0. The molecule has 3 N–H and O–H groups in total. The zero-order valence-electron chi connectivity index (χ0n) is 17.7. The van der Waals surface area contributed by atoms with Crippen LogP contribution in [-0.2, 0) is 16.4 Å². The SMILES string of the molecule is CN=C(NCc1ccc(NC(=O)NC(C)C)cc1)N1CCS(=O)(=O)C(C)(C)C1.I. The molecule has 2 amide bonds. The van der Waals surface area contributed by atoms with E-state index in [1.165, 1.54) is 0 Å². The number of aliphatic imine (C=N–C) groups is 1. The topological polar surface area (TPSA) is 103 Å². The lowest BCUT2D eigenvalue weighted by molar-refractivity contribution is 0.250. The molecule has 164 valence electrons. The summed E-state index contributed by atoms with van der Waals surface area (Å²) in [4.78, 5) is 18.0. The van der Waals surface area contributed by atoms with E-state index >= 15 is 0 Å². The second-order valence-corrected chi connectivity index (χ2v) is 10.6. The number of carbonyl (C=O) groups is 1. The normalized spacial score (nSPS) is 18.0. The molecule has 8 nitrogen and oxygen atoms in total. The fourth-order valence-corrected chi connectivity index (χ4v) is 4.34. The van der Waals surface area contributed by atoms with E-state index in [2.05, 4.69) is 20.9 Å². The summed E-state index contributed by atoms with van der Waals surface area (Å²) < 4.78 is 23.6. The Labute approximate surface area is 190 Å². The molecule has 0 saturated carbocycles. The number of benzene rings is 1. The second-order valence-electron chi connectivity index (χ2n) is 7.85. The third-order valence-electron chi connectivity index (χ3n) is 4.64. The van der Waals surface area contributed by atoms with Crippen LogP contribution in [0.2, 0.25) is 0 Å². The number of nitrogens with one attached hydrogen (secondary N) is 3. The Kier molecular flexibility index (Phi) is 9.19. The largest absolute Gasteiger partial charge is 0.352 e. The van der Waals surface area contributed by atoms with Crippen LogP contribution < -0.4 is 16.0 Å². The zero-order valence-corrected chi connectivity index (χ0v) is 20.8. The summed E-state index contributed by atoms with van der Waals surface area (Å²) in [5, 5.41) is 8.85. The minimum absolute atomic E-state index is 0. The lowest BCUT2D eigenvalue weighted by Gasteiger charge is -2.39. The number of carbonyl (C=O) groups excluding carboxylic acids is 1. The van der Waals surface area contributed by atoms with Crippen molar-refractivity contribution < 1.29 is 13.2 Å². The van der Waals surface area contributed by atoms with E-state index in [0.29, 0.717) is 31.3 Å². The van der Waals surface area contributed by atoms with Gasteiger partial charge in [0.05, 0.1) is 10.5 Å². The predicted octanol–water partition coefficient (Wildman–Crippen LogP) is 2.42. The summed E-state index contributed by atoms with van der Waals surface area (Å²) in [7, 11) is -1.40. The summed E-state index contributed by atoms with van der Waals surface area (Å²) >= 11 is 0. The molecule has 1 heterocycles. The minimum Gasteiger partial charge on any atom is -0.352 e. The van der Waals surface area contributed by atoms with Gasteiger partial charge in [-0.15, -0.1) is 24.0 Å². The van der Waals surface area contributed by atoms with E-state index in [9.17, 15) is 13.2 Å². The van der Waals surface area contributed by atoms with Crippen LogP contribution in [0.1, 0.15) is 33.3 Å². The molecule has 10 heteroatoms. The van der Waals surface area contributed by atoms with Crippen LogP contribution in [0.3, 0.4) is 0 Å². The third-order valence-corrected chi connectivity index (χ3v) is 7.17. The molecular formula is C19H32IN5O3S. The predicted molar refractivity (Wildman–Crippen MR) is 129 cm³/mol. The molecule has 0 radical (unpaired) electrons. The molecule has 1 aliphatic heterocycles. The van der Waals surface area contributed by atoms with Crippen molar-refractivity contribution in [2.75, 3.05) is 31.2 Å². The van der Waals surface area contributed by atoms with Crippen LogP contribution in [0.15, 0.2) is 29.3 Å². The fourth-order valence-electron chi connectivity index (χ4n) is 2.97. The maximum atomic E-state index is 12.2. The third kappa shape index (κ3) is 7.02. The van der Waals surface area contributed by atoms with Gasteiger partial charge in [-0.05, 0) is 45.4 Å². The van der Waals surface area contributed by atoms with Crippen LogP contribution in [0.25, 0.3) is 0 Å². The van der Waals surface area contributed by atoms with E-state index in [1.54, 1.807) is 20.9 Å². The summed E-state index contributed by atoms with van der Waals surface area (Å²) in [6.45, 7) is 8.70. The van der Waals surface area contributed by atoms with Crippen LogP contribution in [0.4, 0.5) is 10.5 Å². The Balaban J connectivity index is 0.00000420. The molecule has 0 unspecified atom stereocenters. The van der Waals surface area contributed by atoms with Crippen molar-refractivity contribution in [3.05, 3.63) is 29.8 Å².